The number of methoxy groups -OCH3 is 1. The minimum atomic E-state index is -0.753. The van der Waals surface area contributed by atoms with Crippen molar-refractivity contribution in [3.05, 3.63) is 50.6 Å². The van der Waals surface area contributed by atoms with E-state index in [0.717, 1.165) is 3.79 Å². The van der Waals surface area contributed by atoms with Gasteiger partial charge in [0.2, 0.25) is 5.91 Å². The summed E-state index contributed by atoms with van der Waals surface area (Å²) in [6.45, 7) is 1.34. The van der Waals surface area contributed by atoms with Crippen molar-refractivity contribution in [3.63, 3.8) is 0 Å². The molecule has 148 valence electrons. The molecule has 0 aliphatic carbocycles. The van der Waals surface area contributed by atoms with Gasteiger partial charge in [-0.2, -0.15) is 0 Å². The number of benzene rings is 1. The van der Waals surface area contributed by atoms with E-state index in [0.29, 0.717) is 16.1 Å². The van der Waals surface area contributed by atoms with Crippen molar-refractivity contribution in [1.29, 1.82) is 0 Å². The number of carbonyl (C=O) groups excluding carboxylic acids is 4. The van der Waals surface area contributed by atoms with Gasteiger partial charge in [-0.15, -0.1) is 11.3 Å². The Hall–Kier alpha value is -2.72. The lowest BCUT2D eigenvalue weighted by Crippen LogP contribution is -2.41. The first-order valence-corrected chi connectivity index (χ1v) is 9.73. The average molecular weight is 468 g/mol. The highest BCUT2D eigenvalue weighted by Crippen LogP contribution is 2.22. The van der Waals surface area contributed by atoms with E-state index in [9.17, 15) is 19.2 Å². The van der Waals surface area contributed by atoms with Gasteiger partial charge in [0.15, 0.2) is 0 Å². The van der Waals surface area contributed by atoms with Gasteiger partial charge in [-0.1, -0.05) is 0 Å². The maximum atomic E-state index is 12.3. The topological polar surface area (TPSA) is 114 Å². The van der Waals surface area contributed by atoms with Gasteiger partial charge in [0.25, 0.3) is 11.8 Å². The van der Waals surface area contributed by atoms with Gasteiger partial charge in [-0.3, -0.25) is 19.2 Å². The highest BCUT2D eigenvalue weighted by atomic mass is 79.9. The number of thiophene rings is 1. The van der Waals surface area contributed by atoms with Crippen molar-refractivity contribution in [3.8, 4) is 0 Å². The van der Waals surface area contributed by atoms with Crippen LogP contribution in [0.1, 0.15) is 27.0 Å². The summed E-state index contributed by atoms with van der Waals surface area (Å²) in [4.78, 5) is 47.8. The number of anilines is 1. The molecule has 2 rings (SSSR count). The summed E-state index contributed by atoms with van der Waals surface area (Å²) < 4.78 is 5.27. The van der Waals surface area contributed by atoms with Gasteiger partial charge in [-0.25, -0.2) is 0 Å². The van der Waals surface area contributed by atoms with Crippen molar-refractivity contribution in [2.45, 2.75) is 13.0 Å². The maximum Gasteiger partial charge on any atom is 0.325 e. The molecule has 3 N–H and O–H groups in total. The minimum Gasteiger partial charge on any atom is -0.468 e. The van der Waals surface area contributed by atoms with E-state index in [4.69, 9.17) is 0 Å². The first-order chi connectivity index (χ1) is 13.3. The van der Waals surface area contributed by atoms with Crippen LogP contribution < -0.4 is 16.0 Å². The molecule has 28 heavy (non-hydrogen) atoms. The number of carbonyl (C=O) groups is 4. The Morgan fingerprint density at radius 2 is 1.75 bits per heavy atom. The van der Waals surface area contributed by atoms with Crippen LogP contribution in [-0.4, -0.2) is 43.4 Å². The largest absolute Gasteiger partial charge is 0.468 e. The summed E-state index contributed by atoms with van der Waals surface area (Å²) in [6.07, 6.45) is 0. The second kappa shape index (κ2) is 10.00. The number of amides is 3. The number of hydrogen-bond donors (Lipinski definition) is 3. The van der Waals surface area contributed by atoms with Crippen molar-refractivity contribution in [2.75, 3.05) is 19.0 Å². The first-order valence-electron chi connectivity index (χ1n) is 8.12. The summed E-state index contributed by atoms with van der Waals surface area (Å²) in [5.41, 5.74) is 0.793. The lowest BCUT2D eigenvalue weighted by Gasteiger charge is -2.14. The molecule has 10 heteroatoms. The minimum absolute atomic E-state index is 0.230. The zero-order valence-corrected chi connectivity index (χ0v) is 17.5. The molecule has 0 aliphatic rings. The monoisotopic (exact) mass is 467 g/mol. The Labute approximate surface area is 173 Å². The zero-order valence-electron chi connectivity index (χ0n) is 15.1. The summed E-state index contributed by atoms with van der Waals surface area (Å²) in [6, 6.07) is 8.79. The van der Waals surface area contributed by atoms with Crippen LogP contribution in [0.2, 0.25) is 0 Å². The van der Waals surface area contributed by atoms with Crippen LogP contribution in [0.3, 0.4) is 0 Å². The lowest BCUT2D eigenvalue weighted by molar-refractivity contribution is -0.139. The Morgan fingerprint density at radius 1 is 1.07 bits per heavy atom. The van der Waals surface area contributed by atoms with Crippen molar-refractivity contribution < 1.29 is 23.9 Å². The normalized spacial score (nSPS) is 11.2. The van der Waals surface area contributed by atoms with Gasteiger partial charge in [-0.05, 0) is 59.3 Å². The van der Waals surface area contributed by atoms with Gasteiger partial charge in [0.05, 0.1) is 15.8 Å². The Bertz CT molecular complexity index is 882. The molecule has 1 aromatic heterocycles. The van der Waals surface area contributed by atoms with Crippen LogP contribution in [0.4, 0.5) is 5.69 Å². The highest BCUT2D eigenvalue weighted by molar-refractivity contribution is 9.11. The number of halogens is 1. The number of hydrogen-bond acceptors (Lipinski definition) is 6. The highest BCUT2D eigenvalue weighted by Gasteiger charge is 2.18. The van der Waals surface area contributed by atoms with E-state index < -0.39 is 23.8 Å². The van der Waals surface area contributed by atoms with Crippen LogP contribution >= 0.6 is 27.3 Å². The number of nitrogens with one attached hydrogen (secondary N) is 3. The molecular weight excluding hydrogens is 450 g/mol. The molecule has 0 aliphatic heterocycles. The summed E-state index contributed by atoms with van der Waals surface area (Å²) in [5, 5.41) is 7.70. The molecule has 1 unspecified atom stereocenters. The van der Waals surface area contributed by atoms with Crippen molar-refractivity contribution in [2.24, 2.45) is 0 Å². The third kappa shape index (κ3) is 6.17. The van der Waals surface area contributed by atoms with Gasteiger partial charge >= 0.3 is 5.97 Å². The molecule has 8 nitrogen and oxygen atoms in total. The van der Waals surface area contributed by atoms with E-state index >= 15 is 0 Å². The Balaban J connectivity index is 1.88. The SMILES string of the molecule is COC(=O)CNC(=O)c1ccc(NC(=O)C(C)NC(=O)c2ccc(Br)s2)cc1. The Kier molecular flexibility index (Phi) is 7.70. The molecule has 0 saturated heterocycles. The molecule has 2 aromatic rings. The molecule has 1 heterocycles. The second-order valence-corrected chi connectivity index (χ2v) is 8.09. The molecule has 0 bridgehead atoms. The Morgan fingerprint density at radius 3 is 2.32 bits per heavy atom. The summed E-state index contributed by atoms with van der Waals surface area (Å²) >= 11 is 4.56. The fourth-order valence-corrected chi connectivity index (χ4v) is 3.34. The van der Waals surface area contributed by atoms with E-state index in [2.05, 4.69) is 36.6 Å². The van der Waals surface area contributed by atoms with Crippen LogP contribution in [0.5, 0.6) is 0 Å². The van der Waals surface area contributed by atoms with Gasteiger partial charge in [0.1, 0.15) is 12.6 Å². The quantitative estimate of drug-likeness (QED) is 0.539. The third-order valence-electron chi connectivity index (χ3n) is 3.57. The van der Waals surface area contributed by atoms with Crippen LogP contribution in [0.15, 0.2) is 40.2 Å². The average Bonchev–Trinajstić information content (AvgIpc) is 3.12. The summed E-state index contributed by atoms with van der Waals surface area (Å²) in [5.74, 6) is -1.72. The molecule has 0 spiro atoms. The molecule has 0 radical (unpaired) electrons. The smallest absolute Gasteiger partial charge is 0.325 e. The summed E-state index contributed by atoms with van der Waals surface area (Å²) in [7, 11) is 1.23. The van der Waals surface area contributed by atoms with E-state index in [1.165, 1.54) is 30.6 Å². The molecule has 1 atom stereocenters. The van der Waals surface area contributed by atoms with Crippen LogP contribution in [-0.2, 0) is 14.3 Å². The van der Waals surface area contributed by atoms with Crippen LogP contribution in [0.25, 0.3) is 0 Å². The van der Waals surface area contributed by atoms with E-state index in [1.54, 1.807) is 31.2 Å². The predicted octanol–water partition coefficient (Wildman–Crippen LogP) is 2.17. The van der Waals surface area contributed by atoms with E-state index in [1.807, 2.05) is 0 Å². The molecular formula is C18H18BrN3O5S. The van der Waals surface area contributed by atoms with Gasteiger partial charge < -0.3 is 20.7 Å². The fourth-order valence-electron chi connectivity index (χ4n) is 2.05. The zero-order chi connectivity index (χ0) is 20.7. The lowest BCUT2D eigenvalue weighted by atomic mass is 10.2. The third-order valence-corrected chi connectivity index (χ3v) is 5.20. The van der Waals surface area contributed by atoms with Crippen LogP contribution in [0, 0.1) is 0 Å². The molecule has 0 fully saturated rings. The predicted molar refractivity (Wildman–Crippen MR) is 108 cm³/mol. The molecule has 3 amide bonds. The standard InChI is InChI=1S/C18H18BrN3O5S/c1-10(21-18(26)13-7-8-14(19)28-13)16(24)22-12-5-3-11(4-6-12)17(25)20-9-15(23)27-2/h3-8,10H,9H2,1-2H3,(H,20,25)(H,21,26)(H,22,24). The number of ether oxygens (including phenoxy) is 1. The van der Waals surface area contributed by atoms with Crippen molar-refractivity contribution >= 4 is 56.6 Å². The van der Waals surface area contributed by atoms with E-state index in [-0.39, 0.29) is 12.5 Å². The van der Waals surface area contributed by atoms with Crippen molar-refractivity contribution in [1.82, 2.24) is 10.6 Å². The molecule has 1 aromatic carbocycles. The molecule has 0 saturated carbocycles. The first kappa shape index (κ1) is 21.6. The second-order valence-electron chi connectivity index (χ2n) is 5.62. The van der Waals surface area contributed by atoms with Gasteiger partial charge in [0, 0.05) is 11.3 Å². The number of esters is 1. The maximum absolute atomic E-state index is 12.3. The number of rotatable bonds is 7. The fraction of sp³-hybridized carbons (Fsp3) is 0.222.